The van der Waals surface area contributed by atoms with Gasteiger partial charge in [-0.1, -0.05) is 30.3 Å². The van der Waals surface area contributed by atoms with E-state index < -0.39 is 12.0 Å². The fourth-order valence-electron chi connectivity index (χ4n) is 1.49. The Morgan fingerprint density at radius 1 is 1.33 bits per heavy atom. The van der Waals surface area contributed by atoms with E-state index in [4.69, 9.17) is 9.84 Å². The van der Waals surface area contributed by atoms with E-state index in [0.717, 1.165) is 0 Å². The maximum atomic E-state index is 11.8. The van der Waals surface area contributed by atoms with Gasteiger partial charge in [-0.2, -0.15) is 0 Å². The number of benzene rings is 1. The van der Waals surface area contributed by atoms with Crippen LogP contribution in [0.15, 0.2) is 30.3 Å². The summed E-state index contributed by atoms with van der Waals surface area (Å²) < 4.78 is 4.83. The van der Waals surface area contributed by atoms with E-state index in [1.165, 1.54) is 7.11 Å². The number of rotatable bonds is 8. The summed E-state index contributed by atoms with van der Waals surface area (Å²) in [5.41, 5.74) is 0.570. The fourth-order valence-corrected chi connectivity index (χ4v) is 1.49. The van der Waals surface area contributed by atoms with Crippen LogP contribution in [0.25, 0.3) is 0 Å². The van der Waals surface area contributed by atoms with Crippen LogP contribution in [0.5, 0.6) is 0 Å². The standard InChI is InChI=1S/C13H17NO4/c1-18-8-7-11(13(16)17)14-9-12(15)10-5-3-2-4-6-10/h2-6,11,14H,7-9H2,1H3,(H,16,17)/t11-/m0/s1. The van der Waals surface area contributed by atoms with Gasteiger partial charge in [-0.15, -0.1) is 0 Å². The van der Waals surface area contributed by atoms with Crippen molar-refractivity contribution in [2.45, 2.75) is 12.5 Å². The molecular weight excluding hydrogens is 234 g/mol. The number of hydrogen-bond acceptors (Lipinski definition) is 4. The van der Waals surface area contributed by atoms with Gasteiger partial charge in [0.1, 0.15) is 6.04 Å². The summed E-state index contributed by atoms with van der Waals surface area (Å²) in [5, 5.41) is 11.7. The molecule has 0 spiro atoms. The highest BCUT2D eigenvalue weighted by Crippen LogP contribution is 2.00. The van der Waals surface area contributed by atoms with Crippen LogP contribution in [0.1, 0.15) is 16.8 Å². The largest absolute Gasteiger partial charge is 0.480 e. The highest BCUT2D eigenvalue weighted by molar-refractivity contribution is 5.97. The van der Waals surface area contributed by atoms with Gasteiger partial charge in [0.2, 0.25) is 0 Å². The molecule has 0 heterocycles. The first-order valence-corrected chi connectivity index (χ1v) is 5.68. The topological polar surface area (TPSA) is 75.6 Å². The van der Waals surface area contributed by atoms with Crippen molar-refractivity contribution >= 4 is 11.8 Å². The number of ether oxygens (including phenoxy) is 1. The monoisotopic (exact) mass is 251 g/mol. The number of carboxylic acids is 1. The lowest BCUT2D eigenvalue weighted by Crippen LogP contribution is -2.40. The first kappa shape index (κ1) is 14.3. The molecular formula is C13H17NO4. The van der Waals surface area contributed by atoms with Gasteiger partial charge in [0.05, 0.1) is 6.54 Å². The van der Waals surface area contributed by atoms with Gasteiger partial charge in [-0.3, -0.25) is 14.9 Å². The third-order valence-electron chi connectivity index (χ3n) is 2.51. The molecule has 0 amide bonds. The Labute approximate surface area is 106 Å². The van der Waals surface area contributed by atoms with E-state index in [0.29, 0.717) is 18.6 Å². The van der Waals surface area contributed by atoms with E-state index >= 15 is 0 Å². The molecule has 1 atom stereocenters. The second kappa shape index (κ2) is 7.58. The Bertz CT molecular complexity index is 391. The quantitative estimate of drug-likeness (QED) is 0.673. The molecule has 1 rings (SSSR count). The maximum absolute atomic E-state index is 11.8. The average molecular weight is 251 g/mol. The number of nitrogens with one attached hydrogen (secondary N) is 1. The van der Waals surface area contributed by atoms with Crippen LogP contribution in [-0.2, 0) is 9.53 Å². The van der Waals surface area contributed by atoms with Gasteiger partial charge in [-0.25, -0.2) is 0 Å². The van der Waals surface area contributed by atoms with Gasteiger partial charge in [-0.05, 0) is 6.42 Å². The summed E-state index contributed by atoms with van der Waals surface area (Å²) in [7, 11) is 1.51. The zero-order chi connectivity index (χ0) is 13.4. The van der Waals surface area contributed by atoms with Crippen LogP contribution >= 0.6 is 0 Å². The van der Waals surface area contributed by atoms with Crippen molar-refractivity contribution in [3.63, 3.8) is 0 Å². The molecule has 0 aliphatic heterocycles. The summed E-state index contributed by atoms with van der Waals surface area (Å²) >= 11 is 0. The normalized spacial score (nSPS) is 12.1. The third kappa shape index (κ3) is 4.65. The predicted molar refractivity (Wildman–Crippen MR) is 66.7 cm³/mol. The number of carbonyl (C=O) groups is 2. The lowest BCUT2D eigenvalue weighted by molar-refractivity contribution is -0.139. The van der Waals surface area contributed by atoms with Crippen LogP contribution < -0.4 is 5.32 Å². The van der Waals surface area contributed by atoms with Gasteiger partial charge in [0, 0.05) is 19.3 Å². The average Bonchev–Trinajstić information content (AvgIpc) is 2.39. The van der Waals surface area contributed by atoms with Crippen molar-refractivity contribution in [2.24, 2.45) is 0 Å². The Balaban J connectivity index is 2.47. The Morgan fingerprint density at radius 3 is 2.56 bits per heavy atom. The summed E-state index contributed by atoms with van der Waals surface area (Å²) in [6.45, 7) is 0.341. The van der Waals surface area contributed by atoms with Crippen LogP contribution in [0.4, 0.5) is 0 Å². The lowest BCUT2D eigenvalue weighted by Gasteiger charge is -2.13. The van der Waals surface area contributed by atoms with Crippen molar-refractivity contribution in [1.29, 1.82) is 0 Å². The maximum Gasteiger partial charge on any atom is 0.320 e. The molecule has 2 N–H and O–H groups in total. The molecule has 5 nitrogen and oxygen atoms in total. The molecule has 1 aromatic carbocycles. The molecule has 0 saturated heterocycles. The molecule has 0 aliphatic carbocycles. The summed E-state index contributed by atoms with van der Waals surface area (Å²) in [6, 6.07) is 8.00. The van der Waals surface area contributed by atoms with E-state index in [2.05, 4.69) is 5.32 Å². The van der Waals surface area contributed by atoms with Crippen molar-refractivity contribution in [3.05, 3.63) is 35.9 Å². The molecule has 0 radical (unpaired) electrons. The Hall–Kier alpha value is -1.72. The van der Waals surface area contributed by atoms with Crippen molar-refractivity contribution < 1.29 is 19.4 Å². The number of methoxy groups -OCH3 is 1. The van der Waals surface area contributed by atoms with Crippen molar-refractivity contribution in [1.82, 2.24) is 5.32 Å². The van der Waals surface area contributed by atoms with Gasteiger partial charge in [0.25, 0.3) is 0 Å². The zero-order valence-corrected chi connectivity index (χ0v) is 10.3. The zero-order valence-electron chi connectivity index (χ0n) is 10.3. The SMILES string of the molecule is COCC[C@H](NCC(=O)c1ccccc1)C(=O)O. The molecule has 1 aromatic rings. The second-order valence-electron chi connectivity index (χ2n) is 3.84. The van der Waals surface area contributed by atoms with Crippen LogP contribution in [-0.4, -0.2) is 43.2 Å². The Morgan fingerprint density at radius 2 is 2.00 bits per heavy atom. The lowest BCUT2D eigenvalue weighted by atomic mass is 10.1. The molecule has 0 unspecified atom stereocenters. The summed E-state index contributed by atoms with van der Waals surface area (Å²) in [4.78, 5) is 22.7. The van der Waals surface area contributed by atoms with Crippen LogP contribution in [0.2, 0.25) is 0 Å². The minimum atomic E-state index is -0.979. The third-order valence-corrected chi connectivity index (χ3v) is 2.51. The number of Topliss-reactive ketones (excluding diaryl/α,β-unsaturated/α-hetero) is 1. The molecule has 5 heteroatoms. The van der Waals surface area contributed by atoms with Gasteiger partial charge in [0.15, 0.2) is 5.78 Å². The molecule has 0 aromatic heterocycles. The van der Waals surface area contributed by atoms with Gasteiger partial charge < -0.3 is 9.84 Å². The molecule has 0 bridgehead atoms. The molecule has 98 valence electrons. The minimum absolute atomic E-state index is 0.00466. The summed E-state index contributed by atoms with van der Waals surface area (Å²) in [6.07, 6.45) is 0.327. The first-order valence-electron chi connectivity index (χ1n) is 5.68. The van der Waals surface area contributed by atoms with Gasteiger partial charge >= 0.3 is 5.97 Å². The van der Waals surface area contributed by atoms with E-state index in [1.807, 2.05) is 6.07 Å². The Kier molecular flexibility index (Phi) is 6.04. The predicted octanol–water partition coefficient (Wildman–Crippen LogP) is 0.949. The van der Waals surface area contributed by atoms with E-state index in [-0.39, 0.29) is 12.3 Å². The minimum Gasteiger partial charge on any atom is -0.480 e. The highest BCUT2D eigenvalue weighted by atomic mass is 16.5. The highest BCUT2D eigenvalue weighted by Gasteiger charge is 2.17. The summed E-state index contributed by atoms with van der Waals surface area (Å²) in [5.74, 6) is -1.10. The fraction of sp³-hybridized carbons (Fsp3) is 0.385. The first-order chi connectivity index (χ1) is 8.65. The number of carbonyl (C=O) groups excluding carboxylic acids is 1. The molecule has 0 saturated carbocycles. The number of aliphatic carboxylic acids is 1. The number of ketones is 1. The second-order valence-corrected chi connectivity index (χ2v) is 3.84. The molecule has 0 aliphatic rings. The number of hydrogen-bond donors (Lipinski definition) is 2. The van der Waals surface area contributed by atoms with Crippen molar-refractivity contribution in [2.75, 3.05) is 20.3 Å². The smallest absolute Gasteiger partial charge is 0.320 e. The number of carboxylic acid groups (broad SMARTS) is 1. The van der Waals surface area contributed by atoms with E-state index in [1.54, 1.807) is 24.3 Å². The van der Waals surface area contributed by atoms with E-state index in [9.17, 15) is 9.59 Å². The van der Waals surface area contributed by atoms with Crippen molar-refractivity contribution in [3.8, 4) is 0 Å². The molecule has 0 fully saturated rings. The molecule has 18 heavy (non-hydrogen) atoms. The van der Waals surface area contributed by atoms with Crippen LogP contribution in [0.3, 0.4) is 0 Å². The van der Waals surface area contributed by atoms with Crippen LogP contribution in [0, 0.1) is 0 Å².